The molecule has 0 saturated carbocycles. The molecule has 184 valence electrons. The summed E-state index contributed by atoms with van der Waals surface area (Å²) in [6, 6.07) is 12.1. The third-order valence-electron chi connectivity index (χ3n) is 6.37. The van der Waals surface area contributed by atoms with Gasteiger partial charge >= 0.3 is 0 Å². The summed E-state index contributed by atoms with van der Waals surface area (Å²) in [5, 5.41) is 8.76. The molecular weight excluding hydrogens is 463 g/mol. The zero-order valence-electron chi connectivity index (χ0n) is 19.9. The maximum absolute atomic E-state index is 15.3. The van der Waals surface area contributed by atoms with Crippen LogP contribution in [0.4, 0.5) is 10.1 Å². The summed E-state index contributed by atoms with van der Waals surface area (Å²) in [6.07, 6.45) is 1.42. The normalized spacial score (nSPS) is 14.6. The maximum Gasteiger partial charge on any atom is 0.233 e. The molecule has 2 aromatic heterocycles. The maximum atomic E-state index is 15.3. The fraction of sp³-hybridized carbons (Fsp3) is 0.269. The summed E-state index contributed by atoms with van der Waals surface area (Å²) in [5.74, 6) is -1.71. The van der Waals surface area contributed by atoms with Gasteiger partial charge in [0.25, 0.3) is 0 Å². The largest absolute Gasteiger partial charge is 0.480 e. The number of methoxy groups -OCH3 is 1. The second-order valence-electron chi connectivity index (χ2n) is 8.55. The van der Waals surface area contributed by atoms with E-state index in [-0.39, 0.29) is 5.56 Å². The number of amides is 1. The Morgan fingerprint density at radius 2 is 1.92 bits per heavy atom. The molecule has 0 spiro atoms. The Morgan fingerprint density at radius 3 is 2.61 bits per heavy atom. The Balaban J connectivity index is 1.60. The van der Waals surface area contributed by atoms with Gasteiger partial charge in [0, 0.05) is 35.8 Å². The zero-order valence-corrected chi connectivity index (χ0v) is 19.9. The van der Waals surface area contributed by atoms with Crippen LogP contribution in [0.2, 0.25) is 0 Å². The number of ether oxygens (including phenoxy) is 2. The van der Waals surface area contributed by atoms with Gasteiger partial charge in [-0.2, -0.15) is 5.10 Å². The Bertz CT molecular complexity index is 1420. The minimum Gasteiger partial charge on any atom is -0.480 e. The van der Waals surface area contributed by atoms with Gasteiger partial charge in [0.15, 0.2) is 0 Å². The van der Waals surface area contributed by atoms with E-state index in [0.29, 0.717) is 52.5 Å². The fourth-order valence-electron chi connectivity index (χ4n) is 4.51. The van der Waals surface area contributed by atoms with Gasteiger partial charge in [0.1, 0.15) is 18.1 Å². The monoisotopic (exact) mass is 488 g/mol. The number of nitrogens with two attached hydrogens (primary N) is 1. The number of aromatic nitrogens is 4. The van der Waals surface area contributed by atoms with E-state index in [0.717, 1.165) is 18.8 Å². The van der Waals surface area contributed by atoms with E-state index < -0.39 is 17.6 Å². The molecule has 1 aliphatic heterocycles. The highest BCUT2D eigenvalue weighted by Crippen LogP contribution is 2.35. The molecule has 1 unspecified atom stereocenters. The van der Waals surface area contributed by atoms with Crippen molar-refractivity contribution in [2.45, 2.75) is 12.8 Å². The van der Waals surface area contributed by atoms with Crippen molar-refractivity contribution < 1.29 is 18.7 Å². The number of fused-ring (bicyclic) bond motifs is 1. The summed E-state index contributed by atoms with van der Waals surface area (Å²) in [6.45, 7) is 4.65. The first kappa shape index (κ1) is 23.6. The number of hydrogen-bond donors (Lipinski definition) is 1. The van der Waals surface area contributed by atoms with Gasteiger partial charge in [-0.3, -0.25) is 4.79 Å². The minimum absolute atomic E-state index is 0.245. The van der Waals surface area contributed by atoms with E-state index in [9.17, 15) is 4.79 Å². The van der Waals surface area contributed by atoms with E-state index in [4.69, 9.17) is 15.2 Å². The van der Waals surface area contributed by atoms with Gasteiger partial charge in [-0.05, 0) is 54.4 Å². The number of aryl methyl sites for hydroxylation is 1. The van der Waals surface area contributed by atoms with Gasteiger partial charge < -0.3 is 20.1 Å². The van der Waals surface area contributed by atoms with Crippen molar-refractivity contribution in [3.05, 3.63) is 71.4 Å². The van der Waals surface area contributed by atoms with E-state index >= 15 is 4.39 Å². The average Bonchev–Trinajstić information content (AvgIpc) is 2.90. The topological polar surface area (TPSA) is 116 Å². The molecule has 1 amide bonds. The van der Waals surface area contributed by atoms with Crippen molar-refractivity contribution in [3.8, 4) is 17.1 Å². The first-order valence-electron chi connectivity index (χ1n) is 11.5. The number of halogens is 1. The van der Waals surface area contributed by atoms with Crippen LogP contribution in [0, 0.1) is 12.7 Å². The summed E-state index contributed by atoms with van der Waals surface area (Å²) >= 11 is 0. The van der Waals surface area contributed by atoms with Crippen molar-refractivity contribution in [2.24, 2.45) is 5.73 Å². The average molecular weight is 489 g/mol. The van der Waals surface area contributed by atoms with Gasteiger partial charge in [0.05, 0.1) is 37.2 Å². The Hall–Kier alpha value is -4.18. The number of nitrogens with zero attached hydrogens (tertiary/aromatic N) is 5. The highest BCUT2D eigenvalue weighted by molar-refractivity contribution is 5.94. The SMILES string of the molecule is COc1ccc(C(C(N)=O)c2cc(-c3ncnc4cc(N5CCOCC5)ccc34)c(F)cc2C)nn1. The summed E-state index contributed by atoms with van der Waals surface area (Å²) in [5.41, 5.74) is 9.58. The molecule has 10 heteroatoms. The summed E-state index contributed by atoms with van der Waals surface area (Å²) < 4.78 is 25.8. The Kier molecular flexibility index (Phi) is 6.43. The number of carbonyl (C=O) groups is 1. The second kappa shape index (κ2) is 9.82. The molecule has 36 heavy (non-hydrogen) atoms. The summed E-state index contributed by atoms with van der Waals surface area (Å²) in [4.78, 5) is 23.6. The third-order valence-corrected chi connectivity index (χ3v) is 6.37. The molecule has 1 fully saturated rings. The molecule has 0 aliphatic carbocycles. The van der Waals surface area contributed by atoms with Crippen LogP contribution in [-0.4, -0.2) is 59.5 Å². The van der Waals surface area contributed by atoms with E-state index in [1.165, 1.54) is 19.5 Å². The lowest BCUT2D eigenvalue weighted by Crippen LogP contribution is -2.36. The van der Waals surface area contributed by atoms with Crippen LogP contribution in [0.25, 0.3) is 22.2 Å². The predicted octanol–water partition coefficient (Wildman–Crippen LogP) is 3.00. The first-order valence-corrected chi connectivity index (χ1v) is 11.5. The molecule has 4 aromatic rings. The molecule has 1 aliphatic rings. The molecule has 5 rings (SSSR count). The van der Waals surface area contributed by atoms with Gasteiger partial charge in [0.2, 0.25) is 11.8 Å². The Labute approximate surface area is 207 Å². The fourth-order valence-corrected chi connectivity index (χ4v) is 4.51. The standard InChI is InChI=1S/C26H25FN6O3/c1-15-11-20(27)19(13-18(15)24(26(28)34)21-5-6-23(35-2)32-31-21)25-17-4-3-16(12-22(17)29-14-30-25)33-7-9-36-10-8-33/h3-6,11-14,24H,7-10H2,1-2H3,(H2,28,34). The van der Waals surface area contributed by atoms with Crippen molar-refractivity contribution in [3.63, 3.8) is 0 Å². The lowest BCUT2D eigenvalue weighted by atomic mass is 9.88. The molecule has 1 atom stereocenters. The predicted molar refractivity (Wildman–Crippen MR) is 132 cm³/mol. The molecular formula is C26H25FN6O3. The van der Waals surface area contributed by atoms with Crippen LogP contribution in [0.3, 0.4) is 0 Å². The molecule has 2 N–H and O–H groups in total. The second-order valence-corrected chi connectivity index (χ2v) is 8.55. The highest BCUT2D eigenvalue weighted by Gasteiger charge is 2.26. The van der Waals surface area contributed by atoms with Gasteiger partial charge in [-0.15, -0.1) is 5.10 Å². The molecule has 0 bridgehead atoms. The number of benzene rings is 2. The number of hydrogen-bond acceptors (Lipinski definition) is 8. The molecule has 0 radical (unpaired) electrons. The van der Waals surface area contributed by atoms with Crippen molar-refractivity contribution in [2.75, 3.05) is 38.3 Å². The molecule has 9 nitrogen and oxygen atoms in total. The summed E-state index contributed by atoms with van der Waals surface area (Å²) in [7, 11) is 1.47. The number of carbonyl (C=O) groups excluding carboxylic acids is 1. The molecule has 1 saturated heterocycles. The lowest BCUT2D eigenvalue weighted by Gasteiger charge is -2.29. The van der Waals surface area contributed by atoms with Crippen LogP contribution in [-0.2, 0) is 9.53 Å². The van der Waals surface area contributed by atoms with E-state index in [2.05, 4.69) is 25.1 Å². The number of rotatable bonds is 6. The highest BCUT2D eigenvalue weighted by atomic mass is 19.1. The minimum atomic E-state index is -0.927. The molecule has 3 heterocycles. The van der Waals surface area contributed by atoms with Gasteiger partial charge in [-0.1, -0.05) is 0 Å². The Morgan fingerprint density at radius 1 is 1.11 bits per heavy atom. The third kappa shape index (κ3) is 4.42. The number of anilines is 1. The van der Waals surface area contributed by atoms with Crippen LogP contribution in [0.5, 0.6) is 5.88 Å². The van der Waals surface area contributed by atoms with Crippen molar-refractivity contribution in [1.82, 2.24) is 20.2 Å². The van der Waals surface area contributed by atoms with E-state index in [1.54, 1.807) is 25.1 Å². The van der Waals surface area contributed by atoms with Crippen LogP contribution >= 0.6 is 0 Å². The first-order chi connectivity index (χ1) is 17.5. The number of primary amides is 1. The van der Waals surface area contributed by atoms with Crippen LogP contribution in [0.1, 0.15) is 22.7 Å². The van der Waals surface area contributed by atoms with Crippen LogP contribution in [0.15, 0.2) is 48.8 Å². The van der Waals surface area contributed by atoms with Crippen molar-refractivity contribution >= 4 is 22.5 Å². The zero-order chi connectivity index (χ0) is 25.2. The van der Waals surface area contributed by atoms with Crippen LogP contribution < -0.4 is 15.4 Å². The molecule has 2 aromatic carbocycles. The number of morpholine rings is 1. The lowest BCUT2D eigenvalue weighted by molar-refractivity contribution is -0.118. The van der Waals surface area contributed by atoms with E-state index in [1.807, 2.05) is 18.2 Å². The smallest absolute Gasteiger partial charge is 0.233 e. The van der Waals surface area contributed by atoms with Gasteiger partial charge in [-0.25, -0.2) is 14.4 Å². The quantitative estimate of drug-likeness (QED) is 0.440. The van der Waals surface area contributed by atoms with Crippen molar-refractivity contribution in [1.29, 1.82) is 0 Å².